The van der Waals surface area contributed by atoms with Crippen molar-refractivity contribution in [2.75, 3.05) is 6.61 Å². The first-order valence-corrected chi connectivity index (χ1v) is 9.91. The van der Waals surface area contributed by atoms with Gasteiger partial charge in [-0.05, 0) is 29.5 Å². The highest BCUT2D eigenvalue weighted by atomic mass is 16.3. The average Bonchev–Trinajstić information content (AvgIpc) is 3.22. The van der Waals surface area contributed by atoms with Crippen LogP contribution in [-0.4, -0.2) is 31.9 Å². The van der Waals surface area contributed by atoms with E-state index < -0.39 is 5.92 Å². The molecule has 0 spiro atoms. The average molecular weight is 390 g/mol. The van der Waals surface area contributed by atoms with Crippen molar-refractivity contribution >= 4 is 10.9 Å². The van der Waals surface area contributed by atoms with E-state index in [9.17, 15) is 15.3 Å². The molecule has 2 heterocycles. The third-order valence-corrected chi connectivity index (χ3v) is 5.51. The van der Waals surface area contributed by atoms with Gasteiger partial charge in [0.1, 0.15) is 5.75 Å². The predicted molar refractivity (Wildman–Crippen MR) is 115 cm³/mol. The number of hydrogen-bond acceptors (Lipinski definition) is 3. The molecule has 0 saturated carbocycles. The Balaban J connectivity index is 2.02. The van der Waals surface area contributed by atoms with Gasteiger partial charge in [0.2, 0.25) is 0 Å². The molecule has 4 aromatic rings. The molecule has 0 aliphatic rings. The zero-order valence-corrected chi connectivity index (χ0v) is 16.6. The van der Waals surface area contributed by atoms with Crippen LogP contribution in [0.2, 0.25) is 0 Å². The van der Waals surface area contributed by atoms with E-state index in [4.69, 9.17) is 0 Å². The molecule has 29 heavy (non-hydrogen) atoms. The maximum absolute atomic E-state index is 11.0. The van der Waals surface area contributed by atoms with E-state index in [1.165, 1.54) is 0 Å². The molecule has 0 bridgehead atoms. The van der Waals surface area contributed by atoms with E-state index in [0.29, 0.717) is 17.7 Å². The van der Waals surface area contributed by atoms with Gasteiger partial charge in [-0.3, -0.25) is 0 Å². The third-order valence-electron chi connectivity index (χ3n) is 5.51. The molecule has 5 nitrogen and oxygen atoms in total. The van der Waals surface area contributed by atoms with E-state index in [1.54, 1.807) is 0 Å². The number of para-hydroxylation sites is 1. The Morgan fingerprint density at radius 2 is 1.55 bits per heavy atom. The van der Waals surface area contributed by atoms with Gasteiger partial charge >= 0.3 is 0 Å². The first-order valence-electron chi connectivity index (χ1n) is 9.91. The molecule has 2 aromatic carbocycles. The number of aliphatic hydroxyl groups excluding tert-OH is 1. The van der Waals surface area contributed by atoms with E-state index >= 15 is 0 Å². The summed E-state index contributed by atoms with van der Waals surface area (Å²) in [4.78, 5) is 6.45. The number of aromatic nitrogens is 2. The second-order valence-corrected chi connectivity index (χ2v) is 7.68. The van der Waals surface area contributed by atoms with Crippen LogP contribution in [0.1, 0.15) is 53.8 Å². The summed E-state index contributed by atoms with van der Waals surface area (Å²) in [6.07, 6.45) is 0.478. The van der Waals surface area contributed by atoms with Crippen molar-refractivity contribution in [1.29, 1.82) is 0 Å². The van der Waals surface area contributed by atoms with Crippen LogP contribution >= 0.6 is 0 Å². The summed E-state index contributed by atoms with van der Waals surface area (Å²) in [5, 5.41) is 32.5. The number of fused-ring (bicyclic) bond motifs is 1. The number of H-pyrrole nitrogens is 2. The quantitative estimate of drug-likeness (QED) is 0.329. The minimum absolute atomic E-state index is 0.0126. The molecule has 150 valence electrons. The minimum Gasteiger partial charge on any atom is -0.506 e. The molecule has 1 unspecified atom stereocenters. The number of rotatable bonds is 6. The molecular weight excluding hydrogens is 364 g/mol. The molecule has 0 fully saturated rings. The summed E-state index contributed by atoms with van der Waals surface area (Å²) >= 11 is 0. The van der Waals surface area contributed by atoms with E-state index in [-0.39, 0.29) is 24.2 Å². The largest absolute Gasteiger partial charge is 0.506 e. The van der Waals surface area contributed by atoms with Crippen molar-refractivity contribution < 1.29 is 15.3 Å². The molecule has 0 aliphatic heterocycles. The summed E-state index contributed by atoms with van der Waals surface area (Å²) in [6, 6.07) is 17.8. The van der Waals surface area contributed by atoms with Gasteiger partial charge in [-0.25, -0.2) is 0 Å². The summed E-state index contributed by atoms with van der Waals surface area (Å²) in [5.74, 6) is -0.326. The second-order valence-electron chi connectivity index (χ2n) is 7.68. The fourth-order valence-corrected chi connectivity index (χ4v) is 4.17. The first-order chi connectivity index (χ1) is 14.0. The fourth-order valence-electron chi connectivity index (χ4n) is 4.17. The highest BCUT2D eigenvalue weighted by molar-refractivity contribution is 5.85. The topological polar surface area (TPSA) is 92.3 Å². The van der Waals surface area contributed by atoms with Crippen LogP contribution in [0.5, 0.6) is 11.6 Å². The third kappa shape index (κ3) is 3.28. The monoisotopic (exact) mass is 390 g/mol. The van der Waals surface area contributed by atoms with Gasteiger partial charge in [-0.2, -0.15) is 0 Å². The maximum Gasteiger partial charge on any atom is 0.196 e. The number of hydrogen-bond donors (Lipinski definition) is 5. The van der Waals surface area contributed by atoms with Gasteiger partial charge in [0, 0.05) is 23.2 Å². The zero-order chi connectivity index (χ0) is 20.5. The number of aromatic hydroxyl groups is 2. The lowest BCUT2D eigenvalue weighted by molar-refractivity contribution is 0.299. The lowest BCUT2D eigenvalue weighted by Gasteiger charge is -2.19. The van der Waals surface area contributed by atoms with Crippen LogP contribution in [0, 0.1) is 0 Å². The molecule has 0 radical (unpaired) electrons. The summed E-state index contributed by atoms with van der Waals surface area (Å²) in [6.45, 7) is 3.94. The molecule has 0 saturated heterocycles. The molecule has 2 aromatic heterocycles. The predicted octanol–water partition coefficient (Wildman–Crippen LogP) is 4.75. The second kappa shape index (κ2) is 7.68. The van der Waals surface area contributed by atoms with Gasteiger partial charge in [0.15, 0.2) is 5.88 Å². The number of nitrogens with one attached hydrogen (secondary N) is 2. The Bertz CT molecular complexity index is 1130. The van der Waals surface area contributed by atoms with Crippen molar-refractivity contribution in [3.8, 4) is 11.6 Å². The lowest BCUT2D eigenvalue weighted by Crippen LogP contribution is -2.07. The Morgan fingerprint density at radius 1 is 0.862 bits per heavy atom. The van der Waals surface area contributed by atoms with E-state index in [0.717, 1.165) is 27.7 Å². The van der Waals surface area contributed by atoms with Gasteiger partial charge in [-0.15, -0.1) is 0 Å². The molecule has 0 aliphatic carbocycles. The number of aliphatic hydroxyl groups is 1. The molecule has 4 rings (SSSR count). The van der Waals surface area contributed by atoms with Crippen molar-refractivity contribution in [1.82, 2.24) is 9.97 Å². The molecule has 0 amide bonds. The van der Waals surface area contributed by atoms with E-state index in [2.05, 4.69) is 9.97 Å². The van der Waals surface area contributed by atoms with Crippen molar-refractivity contribution in [3.05, 3.63) is 82.7 Å². The van der Waals surface area contributed by atoms with Crippen molar-refractivity contribution in [2.24, 2.45) is 0 Å². The van der Waals surface area contributed by atoms with E-state index in [1.807, 2.05) is 68.4 Å². The Hall–Kier alpha value is -3.18. The summed E-state index contributed by atoms with van der Waals surface area (Å²) in [7, 11) is 0. The SMILES string of the molecule is CC(C)c1[nH]c(O)c(C(c2ccccc2)c2[nH]c3ccccc3c2CCO)c1O. The Labute approximate surface area is 169 Å². The Kier molecular flexibility index (Phi) is 5.07. The smallest absolute Gasteiger partial charge is 0.196 e. The van der Waals surface area contributed by atoms with Crippen LogP contribution in [0.15, 0.2) is 54.6 Å². The summed E-state index contributed by atoms with van der Waals surface area (Å²) in [5.41, 5.74) is 4.82. The fraction of sp³-hybridized carbons (Fsp3) is 0.250. The standard InChI is InChI=1S/C24H26N2O3/c1-14(2)21-23(28)20(24(29)26-21)19(15-8-4-3-5-9-15)22-17(12-13-27)16-10-6-7-11-18(16)25-22/h3-11,14,19,25-29H,12-13H2,1-2H3. The zero-order valence-electron chi connectivity index (χ0n) is 16.6. The minimum atomic E-state index is -0.408. The Morgan fingerprint density at radius 3 is 2.21 bits per heavy atom. The normalized spacial score (nSPS) is 12.7. The maximum atomic E-state index is 11.0. The molecular formula is C24H26N2O3. The van der Waals surface area contributed by atoms with Crippen molar-refractivity contribution in [2.45, 2.75) is 32.1 Å². The first kappa shape index (κ1) is 19.2. The summed E-state index contributed by atoms with van der Waals surface area (Å²) < 4.78 is 0. The number of benzene rings is 2. The van der Waals surface area contributed by atoms with Crippen LogP contribution in [-0.2, 0) is 6.42 Å². The number of aromatic amines is 2. The highest BCUT2D eigenvalue weighted by Crippen LogP contribution is 2.46. The van der Waals surface area contributed by atoms with Gasteiger partial charge in [-0.1, -0.05) is 62.4 Å². The molecule has 5 heteroatoms. The van der Waals surface area contributed by atoms with Crippen LogP contribution in [0.4, 0.5) is 0 Å². The van der Waals surface area contributed by atoms with Crippen LogP contribution < -0.4 is 0 Å². The van der Waals surface area contributed by atoms with Crippen LogP contribution in [0.25, 0.3) is 10.9 Å². The molecule has 1 atom stereocenters. The highest BCUT2D eigenvalue weighted by Gasteiger charge is 2.31. The molecule has 5 N–H and O–H groups in total. The van der Waals surface area contributed by atoms with Crippen LogP contribution in [0.3, 0.4) is 0 Å². The van der Waals surface area contributed by atoms with Gasteiger partial charge < -0.3 is 25.3 Å². The van der Waals surface area contributed by atoms with Crippen molar-refractivity contribution in [3.63, 3.8) is 0 Å². The lowest BCUT2D eigenvalue weighted by atomic mass is 9.86. The van der Waals surface area contributed by atoms with Gasteiger partial charge in [0.25, 0.3) is 0 Å². The van der Waals surface area contributed by atoms with Gasteiger partial charge in [0.05, 0.1) is 17.2 Å².